The van der Waals surface area contributed by atoms with Crippen LogP contribution in [0.2, 0.25) is 10.0 Å². The van der Waals surface area contributed by atoms with E-state index in [0.717, 1.165) is 5.69 Å². The maximum atomic E-state index is 13.1. The Bertz CT molecular complexity index is 946. The molecule has 0 fully saturated rings. The maximum absolute atomic E-state index is 13.1. The number of rotatable bonds is 5. The highest BCUT2D eigenvalue weighted by molar-refractivity contribution is 7.99. The Hall–Kier alpha value is -2.09. The van der Waals surface area contributed by atoms with E-state index in [4.69, 9.17) is 23.2 Å². The predicted octanol–water partition coefficient (Wildman–Crippen LogP) is 4.75. The van der Waals surface area contributed by atoms with Crippen LogP contribution >= 0.6 is 35.0 Å². The molecule has 26 heavy (non-hydrogen) atoms. The van der Waals surface area contributed by atoms with Crippen molar-refractivity contribution in [3.8, 4) is 5.69 Å². The van der Waals surface area contributed by atoms with Gasteiger partial charge in [-0.2, -0.15) is 0 Å². The lowest BCUT2D eigenvalue weighted by molar-refractivity contribution is -0.113. The standard InChI is InChI=1S/C17H13Cl2FN4OS/c1-10-22-23-17(24(10)13-5-3-12(20)4-6-13)26-9-16(25)21-15-7-2-11(18)8-14(15)19/h2-8H,9H2,1H3,(H,21,25). The third kappa shape index (κ3) is 4.35. The zero-order valence-corrected chi connectivity index (χ0v) is 15.9. The van der Waals surface area contributed by atoms with Crippen LogP contribution in [0.25, 0.3) is 5.69 Å². The molecule has 3 aromatic rings. The summed E-state index contributed by atoms with van der Waals surface area (Å²) in [4.78, 5) is 12.2. The molecule has 0 aliphatic rings. The van der Waals surface area contributed by atoms with Crippen LogP contribution < -0.4 is 5.32 Å². The molecule has 1 heterocycles. The smallest absolute Gasteiger partial charge is 0.234 e. The Labute approximate surface area is 163 Å². The van der Waals surface area contributed by atoms with E-state index >= 15 is 0 Å². The highest BCUT2D eigenvalue weighted by Crippen LogP contribution is 2.26. The molecule has 0 saturated heterocycles. The summed E-state index contributed by atoms with van der Waals surface area (Å²) in [6, 6.07) is 10.8. The van der Waals surface area contributed by atoms with Crippen LogP contribution in [0.1, 0.15) is 5.82 Å². The number of halogens is 3. The largest absolute Gasteiger partial charge is 0.324 e. The van der Waals surface area contributed by atoms with E-state index in [1.165, 1.54) is 23.9 Å². The van der Waals surface area contributed by atoms with Crippen molar-refractivity contribution in [2.24, 2.45) is 0 Å². The zero-order chi connectivity index (χ0) is 18.7. The van der Waals surface area contributed by atoms with Crippen LogP contribution in [0, 0.1) is 12.7 Å². The molecule has 1 aromatic heterocycles. The second-order valence-corrected chi connectivity index (χ2v) is 7.09. The van der Waals surface area contributed by atoms with E-state index < -0.39 is 0 Å². The maximum Gasteiger partial charge on any atom is 0.234 e. The van der Waals surface area contributed by atoms with Gasteiger partial charge in [-0.25, -0.2) is 4.39 Å². The van der Waals surface area contributed by atoms with E-state index in [1.54, 1.807) is 41.8 Å². The fraction of sp³-hybridized carbons (Fsp3) is 0.118. The number of thioether (sulfide) groups is 1. The fourth-order valence-corrected chi connectivity index (χ4v) is 3.48. The number of carbonyl (C=O) groups excluding carboxylic acids is 1. The summed E-state index contributed by atoms with van der Waals surface area (Å²) < 4.78 is 14.9. The van der Waals surface area contributed by atoms with Gasteiger partial charge in [0.2, 0.25) is 5.91 Å². The van der Waals surface area contributed by atoms with Gasteiger partial charge in [0, 0.05) is 10.7 Å². The van der Waals surface area contributed by atoms with Crippen LogP contribution in [0.5, 0.6) is 0 Å². The minimum absolute atomic E-state index is 0.109. The number of amides is 1. The third-order valence-corrected chi connectivity index (χ3v) is 4.89. The molecule has 3 rings (SSSR count). The molecule has 9 heteroatoms. The molecule has 0 bridgehead atoms. The quantitative estimate of drug-likeness (QED) is 0.616. The van der Waals surface area contributed by atoms with Gasteiger partial charge in [-0.15, -0.1) is 10.2 Å². The van der Waals surface area contributed by atoms with Gasteiger partial charge in [0.15, 0.2) is 5.16 Å². The number of hydrogen-bond acceptors (Lipinski definition) is 4. The first kappa shape index (κ1) is 18.7. The molecule has 0 aliphatic heterocycles. The van der Waals surface area contributed by atoms with Gasteiger partial charge in [0.25, 0.3) is 0 Å². The first-order chi connectivity index (χ1) is 12.4. The second kappa shape index (κ2) is 8.07. The summed E-state index contributed by atoms with van der Waals surface area (Å²) in [5, 5.41) is 12.2. The van der Waals surface area contributed by atoms with Crippen molar-refractivity contribution >= 4 is 46.6 Å². The summed E-state index contributed by atoms with van der Waals surface area (Å²) in [5.74, 6) is 0.178. The number of carbonyl (C=O) groups is 1. The first-order valence-corrected chi connectivity index (χ1v) is 9.24. The Morgan fingerprint density at radius 3 is 2.62 bits per heavy atom. The number of benzene rings is 2. The monoisotopic (exact) mass is 410 g/mol. The van der Waals surface area contributed by atoms with Gasteiger partial charge in [-0.3, -0.25) is 9.36 Å². The molecule has 0 aliphatic carbocycles. The Kier molecular flexibility index (Phi) is 5.80. The van der Waals surface area contributed by atoms with Gasteiger partial charge in [-0.05, 0) is 49.4 Å². The van der Waals surface area contributed by atoms with Crippen molar-refractivity contribution in [3.05, 3.63) is 64.2 Å². The molecule has 1 N–H and O–H groups in total. The van der Waals surface area contributed by atoms with Crippen LogP contribution in [0.15, 0.2) is 47.6 Å². The minimum atomic E-state index is -0.326. The van der Waals surface area contributed by atoms with E-state index in [1.807, 2.05) is 0 Å². The molecule has 5 nitrogen and oxygen atoms in total. The Morgan fingerprint density at radius 2 is 1.92 bits per heavy atom. The van der Waals surface area contributed by atoms with Crippen LogP contribution in [0.4, 0.5) is 10.1 Å². The summed E-state index contributed by atoms with van der Waals surface area (Å²) >= 11 is 13.1. The Morgan fingerprint density at radius 1 is 1.19 bits per heavy atom. The van der Waals surface area contributed by atoms with Crippen LogP contribution in [0.3, 0.4) is 0 Å². The van der Waals surface area contributed by atoms with Gasteiger partial charge in [0.1, 0.15) is 11.6 Å². The van der Waals surface area contributed by atoms with Gasteiger partial charge >= 0.3 is 0 Å². The van der Waals surface area contributed by atoms with Crippen LogP contribution in [-0.2, 0) is 4.79 Å². The molecular formula is C17H13Cl2FN4OS. The number of nitrogens with zero attached hydrogens (tertiary/aromatic N) is 3. The second-order valence-electron chi connectivity index (χ2n) is 5.30. The predicted molar refractivity (Wildman–Crippen MR) is 102 cm³/mol. The number of hydrogen-bond donors (Lipinski definition) is 1. The lowest BCUT2D eigenvalue weighted by atomic mass is 10.3. The molecule has 1 amide bonds. The summed E-state index contributed by atoms with van der Waals surface area (Å²) in [7, 11) is 0. The van der Waals surface area contributed by atoms with Crippen molar-refractivity contribution in [2.45, 2.75) is 12.1 Å². The average molecular weight is 411 g/mol. The summed E-state index contributed by atoms with van der Waals surface area (Å²) in [5.41, 5.74) is 1.20. The molecule has 0 unspecified atom stereocenters. The molecule has 0 saturated carbocycles. The van der Waals surface area contributed by atoms with Crippen molar-refractivity contribution in [2.75, 3.05) is 11.1 Å². The number of aryl methyl sites for hydroxylation is 1. The van der Waals surface area contributed by atoms with Gasteiger partial charge in [-0.1, -0.05) is 35.0 Å². The molecule has 0 spiro atoms. The number of anilines is 1. The SMILES string of the molecule is Cc1nnc(SCC(=O)Nc2ccc(Cl)cc2Cl)n1-c1ccc(F)cc1. The summed E-state index contributed by atoms with van der Waals surface area (Å²) in [6.45, 7) is 1.79. The van der Waals surface area contributed by atoms with Crippen molar-refractivity contribution in [3.63, 3.8) is 0 Å². The molecule has 2 aromatic carbocycles. The van der Waals surface area contributed by atoms with Gasteiger partial charge in [0.05, 0.1) is 16.5 Å². The average Bonchev–Trinajstić information content (AvgIpc) is 2.97. The normalized spacial score (nSPS) is 10.8. The number of aromatic nitrogens is 3. The van der Waals surface area contributed by atoms with Crippen molar-refractivity contribution < 1.29 is 9.18 Å². The van der Waals surface area contributed by atoms with E-state index in [0.29, 0.717) is 26.7 Å². The molecule has 0 atom stereocenters. The van der Waals surface area contributed by atoms with Gasteiger partial charge < -0.3 is 5.32 Å². The van der Waals surface area contributed by atoms with E-state index in [2.05, 4.69) is 15.5 Å². The third-order valence-electron chi connectivity index (χ3n) is 3.42. The highest BCUT2D eigenvalue weighted by Gasteiger charge is 2.14. The van der Waals surface area contributed by atoms with Crippen molar-refractivity contribution in [1.82, 2.24) is 14.8 Å². The molecular weight excluding hydrogens is 398 g/mol. The first-order valence-electron chi connectivity index (χ1n) is 7.49. The zero-order valence-electron chi connectivity index (χ0n) is 13.5. The van der Waals surface area contributed by atoms with Crippen molar-refractivity contribution in [1.29, 1.82) is 0 Å². The Balaban J connectivity index is 1.70. The van der Waals surface area contributed by atoms with Crippen LogP contribution in [-0.4, -0.2) is 26.4 Å². The fourth-order valence-electron chi connectivity index (χ4n) is 2.23. The molecule has 0 radical (unpaired) electrons. The topological polar surface area (TPSA) is 59.8 Å². The number of nitrogens with one attached hydrogen (secondary N) is 1. The molecule has 134 valence electrons. The van der Waals surface area contributed by atoms with E-state index in [9.17, 15) is 9.18 Å². The summed E-state index contributed by atoms with van der Waals surface area (Å²) in [6.07, 6.45) is 0. The highest BCUT2D eigenvalue weighted by atomic mass is 35.5. The minimum Gasteiger partial charge on any atom is -0.324 e. The lowest BCUT2D eigenvalue weighted by Crippen LogP contribution is -2.15. The lowest BCUT2D eigenvalue weighted by Gasteiger charge is -2.09. The van der Waals surface area contributed by atoms with E-state index in [-0.39, 0.29) is 17.5 Å².